The summed E-state index contributed by atoms with van der Waals surface area (Å²) in [5.41, 5.74) is 3.71. The van der Waals surface area contributed by atoms with Crippen molar-refractivity contribution in [1.29, 1.82) is 0 Å². The SMILES string of the molecule is C=C1/C(=C\C=C2/CCC[C@]3(C)C=CCC23)CCC[C@@H]1OC(C)=O.CC(C)(O)CCCC1(S)CC1. The molecule has 1 unspecified atom stereocenters. The maximum absolute atomic E-state index is 11.2. The third-order valence-corrected chi connectivity index (χ3v) is 8.74. The Morgan fingerprint density at radius 1 is 1.26 bits per heavy atom. The molecule has 4 heteroatoms. The van der Waals surface area contributed by atoms with Crippen molar-refractivity contribution in [1.82, 2.24) is 0 Å². The van der Waals surface area contributed by atoms with Crippen molar-refractivity contribution in [3.63, 3.8) is 0 Å². The van der Waals surface area contributed by atoms with Crippen LogP contribution in [0.1, 0.15) is 105 Å². The number of thiol groups is 1. The average molecular weight is 487 g/mol. The molecule has 34 heavy (non-hydrogen) atoms. The molecule has 3 atom stereocenters. The Hall–Kier alpha value is -1.26. The fourth-order valence-electron chi connectivity index (χ4n) is 5.73. The molecule has 0 saturated heterocycles. The molecule has 4 rings (SSSR count). The zero-order valence-electron chi connectivity index (χ0n) is 21.9. The standard InChI is InChI=1S/C21H28O2.C9H18OS/c1-15-17(7-4-10-20(15)23-16(2)22)11-12-18-8-5-13-21(3)14-6-9-19(18)21;1-8(2,10)4-3-5-9(11)6-7-9/h6,11-12,14,19-20H,1,4-5,7-10,13H2,2-3H3;10-11H,3-7H2,1-2H3/b17-11-,18-12+;/t19?,20-,21+;/m0./s1. The molecule has 1 N–H and O–H groups in total. The van der Waals surface area contributed by atoms with E-state index in [0.29, 0.717) is 16.1 Å². The Morgan fingerprint density at radius 3 is 2.65 bits per heavy atom. The van der Waals surface area contributed by atoms with Crippen LogP contribution in [0.15, 0.2) is 47.6 Å². The third-order valence-electron chi connectivity index (χ3n) is 8.07. The first-order chi connectivity index (χ1) is 15.9. The normalized spacial score (nSPS) is 32.2. The van der Waals surface area contributed by atoms with Crippen molar-refractivity contribution < 1.29 is 14.6 Å². The molecule has 0 bridgehead atoms. The molecule has 3 nitrogen and oxygen atoms in total. The minimum Gasteiger partial charge on any atom is -0.458 e. The highest BCUT2D eigenvalue weighted by Crippen LogP contribution is 2.50. The van der Waals surface area contributed by atoms with Crippen LogP contribution in [-0.4, -0.2) is 27.5 Å². The van der Waals surface area contributed by atoms with Crippen LogP contribution in [0.2, 0.25) is 0 Å². The monoisotopic (exact) mass is 486 g/mol. The molecule has 0 aromatic rings. The molecule has 0 amide bonds. The summed E-state index contributed by atoms with van der Waals surface area (Å²) in [5.74, 6) is 0.463. The van der Waals surface area contributed by atoms with Crippen LogP contribution in [0.3, 0.4) is 0 Å². The first kappa shape index (κ1) is 27.3. The summed E-state index contributed by atoms with van der Waals surface area (Å²) in [5, 5.41) is 9.41. The molecule has 0 aromatic carbocycles. The Kier molecular flexibility index (Phi) is 9.01. The molecule has 190 valence electrons. The first-order valence-electron chi connectivity index (χ1n) is 13.3. The number of hydrogen-bond donors (Lipinski definition) is 2. The minimum absolute atomic E-state index is 0.129. The summed E-state index contributed by atoms with van der Waals surface area (Å²) < 4.78 is 5.75. The van der Waals surface area contributed by atoms with Gasteiger partial charge in [0, 0.05) is 11.7 Å². The van der Waals surface area contributed by atoms with Gasteiger partial charge < -0.3 is 9.84 Å². The van der Waals surface area contributed by atoms with Gasteiger partial charge in [-0.1, -0.05) is 43.4 Å². The number of ether oxygens (including phenoxy) is 1. The van der Waals surface area contributed by atoms with Gasteiger partial charge in [-0.15, -0.1) is 0 Å². The quantitative estimate of drug-likeness (QED) is 0.230. The van der Waals surface area contributed by atoms with Crippen LogP contribution in [0.5, 0.6) is 0 Å². The predicted octanol–water partition coefficient (Wildman–Crippen LogP) is 7.67. The van der Waals surface area contributed by atoms with Crippen LogP contribution in [0.4, 0.5) is 0 Å². The fraction of sp³-hybridized carbons (Fsp3) is 0.700. The zero-order valence-corrected chi connectivity index (χ0v) is 22.8. The van der Waals surface area contributed by atoms with E-state index in [9.17, 15) is 9.90 Å². The lowest BCUT2D eigenvalue weighted by atomic mass is 9.67. The van der Waals surface area contributed by atoms with Gasteiger partial charge >= 0.3 is 5.97 Å². The fourth-order valence-corrected chi connectivity index (χ4v) is 6.00. The predicted molar refractivity (Wildman–Crippen MR) is 145 cm³/mol. The zero-order chi connectivity index (χ0) is 25.0. The largest absolute Gasteiger partial charge is 0.458 e. The van der Waals surface area contributed by atoms with Gasteiger partial charge in [0.15, 0.2) is 0 Å². The van der Waals surface area contributed by atoms with Crippen molar-refractivity contribution in [2.45, 2.75) is 121 Å². The molecule has 3 saturated carbocycles. The number of carbonyl (C=O) groups is 1. The van der Waals surface area contributed by atoms with Gasteiger partial charge in [0.05, 0.1) is 5.60 Å². The van der Waals surface area contributed by atoms with E-state index in [1.165, 1.54) is 57.4 Å². The highest BCUT2D eigenvalue weighted by molar-refractivity contribution is 7.82. The van der Waals surface area contributed by atoms with E-state index in [1.54, 1.807) is 5.57 Å². The summed E-state index contributed by atoms with van der Waals surface area (Å²) >= 11 is 4.51. The molecule has 0 aromatic heterocycles. The summed E-state index contributed by atoms with van der Waals surface area (Å²) in [6.45, 7) is 11.8. The van der Waals surface area contributed by atoms with Crippen LogP contribution >= 0.6 is 12.6 Å². The maximum atomic E-state index is 11.2. The van der Waals surface area contributed by atoms with Crippen LogP contribution in [-0.2, 0) is 9.53 Å². The number of fused-ring (bicyclic) bond motifs is 1. The lowest BCUT2D eigenvalue weighted by Gasteiger charge is -2.37. The molecule has 0 spiro atoms. The van der Waals surface area contributed by atoms with Crippen molar-refractivity contribution in [2.75, 3.05) is 0 Å². The Labute approximate surface area is 213 Å². The van der Waals surface area contributed by atoms with Gasteiger partial charge in [-0.3, -0.25) is 4.79 Å². The van der Waals surface area contributed by atoms with E-state index in [4.69, 9.17) is 4.74 Å². The Balaban J connectivity index is 0.000000248. The van der Waals surface area contributed by atoms with Crippen LogP contribution < -0.4 is 0 Å². The highest BCUT2D eigenvalue weighted by Gasteiger charge is 2.39. The Morgan fingerprint density at radius 2 is 2.00 bits per heavy atom. The van der Waals surface area contributed by atoms with E-state index in [0.717, 1.165) is 37.7 Å². The smallest absolute Gasteiger partial charge is 0.303 e. The van der Waals surface area contributed by atoms with Gasteiger partial charge in [0.25, 0.3) is 0 Å². The number of esters is 1. The molecular weight excluding hydrogens is 440 g/mol. The highest BCUT2D eigenvalue weighted by atomic mass is 32.1. The molecule has 4 aliphatic rings. The molecular formula is C30H46O3S. The molecule has 0 heterocycles. The average Bonchev–Trinajstić information content (AvgIpc) is 3.32. The van der Waals surface area contributed by atoms with Gasteiger partial charge in [-0.05, 0) is 113 Å². The van der Waals surface area contributed by atoms with Gasteiger partial charge in [-0.25, -0.2) is 0 Å². The molecule has 0 aliphatic heterocycles. The number of carbonyl (C=O) groups excluding carboxylic acids is 1. The van der Waals surface area contributed by atoms with Gasteiger partial charge in [0.2, 0.25) is 0 Å². The van der Waals surface area contributed by atoms with E-state index in [-0.39, 0.29) is 12.1 Å². The summed E-state index contributed by atoms with van der Waals surface area (Å²) in [6.07, 6.45) is 22.9. The van der Waals surface area contributed by atoms with E-state index >= 15 is 0 Å². The third kappa shape index (κ3) is 7.88. The van der Waals surface area contributed by atoms with E-state index < -0.39 is 5.60 Å². The van der Waals surface area contributed by atoms with E-state index in [2.05, 4.69) is 50.4 Å². The van der Waals surface area contributed by atoms with Gasteiger partial charge in [0.1, 0.15) is 6.10 Å². The summed E-state index contributed by atoms with van der Waals surface area (Å²) in [7, 11) is 0. The first-order valence-corrected chi connectivity index (χ1v) is 13.7. The molecule has 4 aliphatic carbocycles. The number of rotatable bonds is 6. The second-order valence-corrected chi connectivity index (χ2v) is 12.8. The minimum atomic E-state index is -0.487. The molecule has 0 radical (unpaired) electrons. The molecule has 3 fully saturated rings. The van der Waals surface area contributed by atoms with Crippen molar-refractivity contribution in [2.24, 2.45) is 11.3 Å². The van der Waals surface area contributed by atoms with Gasteiger partial charge in [-0.2, -0.15) is 12.6 Å². The topological polar surface area (TPSA) is 46.5 Å². The van der Waals surface area contributed by atoms with Crippen LogP contribution in [0, 0.1) is 11.3 Å². The Bertz CT molecular complexity index is 834. The van der Waals surface area contributed by atoms with Crippen molar-refractivity contribution in [3.8, 4) is 0 Å². The van der Waals surface area contributed by atoms with Crippen molar-refractivity contribution >= 4 is 18.6 Å². The van der Waals surface area contributed by atoms with Crippen molar-refractivity contribution in [3.05, 3.63) is 47.6 Å². The number of hydrogen-bond acceptors (Lipinski definition) is 4. The second kappa shape index (κ2) is 11.2. The summed E-state index contributed by atoms with van der Waals surface area (Å²) in [6, 6.07) is 0. The lowest BCUT2D eigenvalue weighted by molar-refractivity contribution is -0.145. The lowest BCUT2D eigenvalue weighted by Crippen LogP contribution is -2.27. The number of aliphatic hydroxyl groups is 1. The van der Waals surface area contributed by atoms with E-state index in [1.807, 2.05) is 13.8 Å². The van der Waals surface area contributed by atoms with Crippen LogP contribution in [0.25, 0.3) is 0 Å². The number of allylic oxidation sites excluding steroid dienone is 5. The maximum Gasteiger partial charge on any atom is 0.303 e. The summed E-state index contributed by atoms with van der Waals surface area (Å²) in [4.78, 5) is 11.2. The second-order valence-electron chi connectivity index (χ2n) is 11.9.